The van der Waals surface area contributed by atoms with Gasteiger partial charge in [0.05, 0.1) is 0 Å². The van der Waals surface area contributed by atoms with Gasteiger partial charge in [-0.15, -0.1) is 0 Å². The van der Waals surface area contributed by atoms with E-state index in [-0.39, 0.29) is 11.9 Å². The highest BCUT2D eigenvalue weighted by molar-refractivity contribution is 7.09. The van der Waals surface area contributed by atoms with E-state index >= 15 is 0 Å². The van der Waals surface area contributed by atoms with Gasteiger partial charge in [0.25, 0.3) is 0 Å². The van der Waals surface area contributed by atoms with Crippen LogP contribution in [0.15, 0.2) is 30.3 Å². The molecule has 5 nitrogen and oxygen atoms in total. The fraction of sp³-hybridized carbons (Fsp3) is 0.571. The Balaban J connectivity index is 1.58. The second-order valence-corrected chi connectivity index (χ2v) is 8.49. The maximum atomic E-state index is 12.6. The smallest absolute Gasteiger partial charge is 0.224 e. The molecule has 0 bridgehead atoms. The first-order valence-corrected chi connectivity index (χ1v) is 10.7. The number of carbonyl (C=O) groups is 1. The number of hydrogen-bond donors (Lipinski definition) is 0. The Morgan fingerprint density at radius 2 is 1.96 bits per heavy atom. The Hall–Kier alpha value is -1.95. The van der Waals surface area contributed by atoms with Crippen molar-refractivity contribution in [1.29, 1.82) is 0 Å². The lowest BCUT2D eigenvalue weighted by Gasteiger charge is -2.32. The summed E-state index contributed by atoms with van der Waals surface area (Å²) in [6.45, 7) is 9.06. The van der Waals surface area contributed by atoms with Crippen LogP contribution in [0.1, 0.15) is 51.4 Å². The average Bonchev–Trinajstić information content (AvgIpc) is 3.11. The summed E-state index contributed by atoms with van der Waals surface area (Å²) in [6, 6.07) is 10.6. The lowest BCUT2D eigenvalue weighted by atomic mass is 9.99. The van der Waals surface area contributed by atoms with Crippen LogP contribution < -0.4 is 4.90 Å². The third-order valence-corrected chi connectivity index (χ3v) is 6.03. The number of anilines is 1. The van der Waals surface area contributed by atoms with Crippen LogP contribution in [0.4, 0.5) is 5.13 Å². The zero-order valence-corrected chi connectivity index (χ0v) is 17.4. The summed E-state index contributed by atoms with van der Waals surface area (Å²) in [4.78, 5) is 21.5. The maximum Gasteiger partial charge on any atom is 0.224 e. The van der Waals surface area contributed by atoms with E-state index in [0.717, 1.165) is 49.2 Å². The molecule has 2 heterocycles. The average molecular weight is 387 g/mol. The third-order valence-electron chi connectivity index (χ3n) is 5.23. The summed E-state index contributed by atoms with van der Waals surface area (Å²) in [5.74, 6) is 1.86. The Morgan fingerprint density at radius 3 is 2.63 bits per heavy atom. The fourth-order valence-electron chi connectivity index (χ4n) is 3.42. The van der Waals surface area contributed by atoms with Gasteiger partial charge in [-0.1, -0.05) is 37.3 Å². The summed E-state index contributed by atoms with van der Waals surface area (Å²) in [7, 11) is 0. The van der Waals surface area contributed by atoms with Gasteiger partial charge in [0.1, 0.15) is 5.82 Å². The van der Waals surface area contributed by atoms with Crippen molar-refractivity contribution in [2.24, 2.45) is 5.92 Å². The van der Waals surface area contributed by atoms with E-state index in [1.807, 2.05) is 23.1 Å². The van der Waals surface area contributed by atoms with Crippen LogP contribution in [-0.2, 0) is 11.2 Å². The number of amides is 1. The maximum absolute atomic E-state index is 12.6. The van der Waals surface area contributed by atoms with Crippen LogP contribution in [0.2, 0.25) is 0 Å². The summed E-state index contributed by atoms with van der Waals surface area (Å²) in [5.41, 5.74) is 1.22. The molecule has 0 spiro atoms. The monoisotopic (exact) mass is 386 g/mol. The van der Waals surface area contributed by atoms with E-state index in [2.05, 4.69) is 42.2 Å². The number of hydrogen-bond acceptors (Lipinski definition) is 5. The van der Waals surface area contributed by atoms with Crippen LogP contribution in [0.3, 0.4) is 0 Å². The number of carbonyl (C=O) groups excluding carboxylic acids is 1. The molecule has 146 valence electrons. The lowest BCUT2D eigenvalue weighted by molar-refractivity contribution is -0.132. The molecule has 1 saturated heterocycles. The predicted molar refractivity (Wildman–Crippen MR) is 111 cm³/mol. The minimum atomic E-state index is 0.265. The highest BCUT2D eigenvalue weighted by Crippen LogP contribution is 2.22. The molecule has 1 aliphatic rings. The second kappa shape index (κ2) is 9.31. The van der Waals surface area contributed by atoms with Gasteiger partial charge in [0, 0.05) is 50.1 Å². The highest BCUT2D eigenvalue weighted by atomic mass is 32.1. The molecule has 0 radical (unpaired) electrons. The van der Waals surface area contributed by atoms with E-state index < -0.39 is 0 Å². The Morgan fingerprint density at radius 1 is 1.26 bits per heavy atom. The number of rotatable bonds is 7. The van der Waals surface area contributed by atoms with E-state index in [1.54, 1.807) is 0 Å². The Labute approximate surface area is 166 Å². The molecule has 6 heteroatoms. The molecule has 3 rings (SSSR count). The van der Waals surface area contributed by atoms with Crippen molar-refractivity contribution >= 4 is 22.6 Å². The van der Waals surface area contributed by atoms with E-state index in [9.17, 15) is 4.79 Å². The SMILES string of the molecule is CC1CCN(C(=O)CCN(c2nc(Cc3ccccc3)ns2)C(C)C)CC1. The normalized spacial score (nSPS) is 15.3. The topological polar surface area (TPSA) is 49.3 Å². The van der Waals surface area contributed by atoms with Crippen molar-refractivity contribution in [3.8, 4) is 0 Å². The summed E-state index contributed by atoms with van der Waals surface area (Å²) < 4.78 is 4.53. The summed E-state index contributed by atoms with van der Waals surface area (Å²) in [6.07, 6.45) is 3.53. The molecule has 0 unspecified atom stereocenters. The first-order valence-electron chi connectivity index (χ1n) is 9.94. The molecule has 1 aromatic heterocycles. The lowest BCUT2D eigenvalue weighted by Crippen LogP contribution is -2.40. The Bertz CT molecular complexity index is 723. The van der Waals surface area contributed by atoms with Gasteiger partial charge in [-0.25, -0.2) is 4.98 Å². The number of aromatic nitrogens is 2. The second-order valence-electron chi connectivity index (χ2n) is 7.76. The van der Waals surface area contributed by atoms with E-state index in [1.165, 1.54) is 17.1 Å². The van der Waals surface area contributed by atoms with Crippen molar-refractivity contribution in [3.05, 3.63) is 41.7 Å². The molecule has 1 aromatic carbocycles. The zero-order chi connectivity index (χ0) is 19.2. The first kappa shape index (κ1) is 19.8. The largest absolute Gasteiger partial charge is 0.344 e. The number of benzene rings is 1. The number of likely N-dealkylation sites (tertiary alicyclic amines) is 1. The fourth-order valence-corrected chi connectivity index (χ4v) is 4.26. The minimum absolute atomic E-state index is 0.265. The Kier molecular flexibility index (Phi) is 6.83. The number of piperidine rings is 1. The van der Waals surface area contributed by atoms with Gasteiger partial charge in [0.2, 0.25) is 11.0 Å². The van der Waals surface area contributed by atoms with Crippen molar-refractivity contribution < 1.29 is 4.79 Å². The molecule has 2 aromatic rings. The van der Waals surface area contributed by atoms with Crippen molar-refractivity contribution in [1.82, 2.24) is 14.3 Å². The molecule has 0 saturated carbocycles. The highest BCUT2D eigenvalue weighted by Gasteiger charge is 2.22. The first-order chi connectivity index (χ1) is 13.0. The van der Waals surface area contributed by atoms with Crippen LogP contribution in [0.25, 0.3) is 0 Å². The molecule has 1 amide bonds. The zero-order valence-electron chi connectivity index (χ0n) is 16.6. The predicted octanol–water partition coefficient (Wildman–Crippen LogP) is 3.99. The standard InChI is InChI=1S/C21H30N4OS/c1-16(2)25(14-11-20(26)24-12-9-17(3)10-13-24)21-22-19(23-27-21)15-18-7-5-4-6-8-18/h4-8,16-17H,9-15H2,1-3H3. The van der Waals surface area contributed by atoms with E-state index in [0.29, 0.717) is 13.0 Å². The third kappa shape index (κ3) is 5.51. The summed E-state index contributed by atoms with van der Waals surface area (Å²) >= 11 is 1.43. The van der Waals surface area contributed by atoms with Gasteiger partial charge >= 0.3 is 0 Å². The van der Waals surface area contributed by atoms with Crippen molar-refractivity contribution in [3.63, 3.8) is 0 Å². The van der Waals surface area contributed by atoms with Crippen LogP contribution in [0.5, 0.6) is 0 Å². The molecular formula is C21H30N4OS. The molecule has 0 aliphatic carbocycles. The molecule has 0 atom stereocenters. The quantitative estimate of drug-likeness (QED) is 0.722. The molecule has 1 fully saturated rings. The van der Waals surface area contributed by atoms with Gasteiger partial charge in [0.15, 0.2) is 0 Å². The van der Waals surface area contributed by atoms with Gasteiger partial charge in [-0.2, -0.15) is 4.37 Å². The van der Waals surface area contributed by atoms with Crippen LogP contribution in [0, 0.1) is 5.92 Å². The molecular weight excluding hydrogens is 356 g/mol. The van der Waals surface area contributed by atoms with Gasteiger partial charge < -0.3 is 9.80 Å². The molecule has 0 N–H and O–H groups in total. The van der Waals surface area contributed by atoms with E-state index in [4.69, 9.17) is 4.98 Å². The summed E-state index contributed by atoms with van der Waals surface area (Å²) in [5, 5.41) is 0.913. The van der Waals surface area contributed by atoms with Crippen molar-refractivity contribution in [2.75, 3.05) is 24.5 Å². The van der Waals surface area contributed by atoms with Gasteiger partial charge in [-0.3, -0.25) is 4.79 Å². The molecule has 27 heavy (non-hydrogen) atoms. The van der Waals surface area contributed by atoms with Crippen LogP contribution in [-0.4, -0.2) is 45.8 Å². The van der Waals surface area contributed by atoms with Crippen LogP contribution >= 0.6 is 11.5 Å². The number of nitrogens with zero attached hydrogens (tertiary/aromatic N) is 4. The molecule has 1 aliphatic heterocycles. The van der Waals surface area contributed by atoms with Crippen molar-refractivity contribution in [2.45, 2.75) is 52.5 Å². The van der Waals surface area contributed by atoms with Gasteiger partial charge in [-0.05, 0) is 38.2 Å². The minimum Gasteiger partial charge on any atom is -0.344 e.